The number of amides is 2. The van der Waals surface area contributed by atoms with Crippen LogP contribution in [0.1, 0.15) is 31.4 Å². The van der Waals surface area contributed by atoms with E-state index < -0.39 is 0 Å². The predicted octanol–water partition coefficient (Wildman–Crippen LogP) is 3.39. The molecule has 0 aromatic heterocycles. The van der Waals surface area contributed by atoms with Gasteiger partial charge in [0.2, 0.25) is 0 Å². The summed E-state index contributed by atoms with van der Waals surface area (Å²) in [6.45, 7) is 6.08. The van der Waals surface area contributed by atoms with Gasteiger partial charge >= 0.3 is 6.03 Å². The normalized spacial score (nSPS) is 21.2. The van der Waals surface area contributed by atoms with Gasteiger partial charge in [-0.15, -0.1) is 0 Å². The Hall–Kier alpha value is -2.07. The van der Waals surface area contributed by atoms with Crippen LogP contribution in [0.2, 0.25) is 0 Å². The quantitative estimate of drug-likeness (QED) is 0.940. The van der Waals surface area contributed by atoms with E-state index in [0.717, 1.165) is 39.0 Å². The van der Waals surface area contributed by atoms with Crippen LogP contribution >= 0.6 is 0 Å². The maximum Gasteiger partial charge on any atom is 0.317 e. The molecule has 1 atom stereocenters. The van der Waals surface area contributed by atoms with Crippen molar-refractivity contribution in [2.24, 2.45) is 0 Å². The molecule has 2 heterocycles. The second-order valence-electron chi connectivity index (χ2n) is 6.98. The Balaban J connectivity index is 1.43. The number of hydrogen-bond donors (Lipinski definition) is 1. The Kier molecular flexibility index (Phi) is 4.15. The van der Waals surface area contributed by atoms with Crippen molar-refractivity contribution in [1.82, 2.24) is 15.1 Å². The lowest BCUT2D eigenvalue weighted by Crippen LogP contribution is -2.46. The van der Waals surface area contributed by atoms with E-state index in [0.29, 0.717) is 12.1 Å². The lowest BCUT2D eigenvalue weighted by Gasteiger charge is -2.39. The number of rotatable bonds is 3. The van der Waals surface area contributed by atoms with Crippen LogP contribution in [0.25, 0.3) is 10.8 Å². The molecule has 0 aliphatic carbocycles. The van der Waals surface area contributed by atoms with Crippen LogP contribution in [-0.2, 0) is 0 Å². The van der Waals surface area contributed by atoms with Gasteiger partial charge in [-0.2, -0.15) is 0 Å². The smallest absolute Gasteiger partial charge is 0.317 e. The van der Waals surface area contributed by atoms with Gasteiger partial charge in [-0.3, -0.25) is 4.90 Å². The summed E-state index contributed by atoms with van der Waals surface area (Å²) in [6, 6.07) is 16.3. The van der Waals surface area contributed by atoms with E-state index in [1.54, 1.807) is 0 Å². The SMILES string of the molecule is C[C@@H](c1ccc2ccccc2c1)N1CCC(N2CCNC2=O)CC1. The summed E-state index contributed by atoms with van der Waals surface area (Å²) in [5.41, 5.74) is 1.38. The lowest BCUT2D eigenvalue weighted by molar-refractivity contribution is 0.112. The molecule has 0 radical (unpaired) electrons. The molecule has 2 aliphatic heterocycles. The number of urea groups is 1. The van der Waals surface area contributed by atoms with Crippen molar-refractivity contribution in [3.63, 3.8) is 0 Å². The van der Waals surface area contributed by atoms with Gasteiger partial charge in [0.25, 0.3) is 0 Å². The fraction of sp³-hybridized carbons (Fsp3) is 0.450. The van der Waals surface area contributed by atoms with Crippen LogP contribution in [0.5, 0.6) is 0 Å². The molecule has 1 N–H and O–H groups in total. The molecule has 2 aromatic carbocycles. The zero-order valence-corrected chi connectivity index (χ0v) is 14.2. The molecule has 4 rings (SSSR count). The van der Waals surface area contributed by atoms with Crippen LogP contribution in [0.4, 0.5) is 4.79 Å². The van der Waals surface area contributed by atoms with Crippen molar-refractivity contribution in [2.75, 3.05) is 26.2 Å². The van der Waals surface area contributed by atoms with E-state index in [1.807, 2.05) is 4.90 Å². The number of fused-ring (bicyclic) bond motifs is 1. The van der Waals surface area contributed by atoms with Crippen molar-refractivity contribution in [1.29, 1.82) is 0 Å². The summed E-state index contributed by atoms with van der Waals surface area (Å²) >= 11 is 0. The first-order chi connectivity index (χ1) is 11.7. The predicted molar refractivity (Wildman–Crippen MR) is 97.1 cm³/mol. The maximum absolute atomic E-state index is 11.8. The second-order valence-corrected chi connectivity index (χ2v) is 6.98. The number of likely N-dealkylation sites (tertiary alicyclic amines) is 1. The van der Waals surface area contributed by atoms with Crippen molar-refractivity contribution < 1.29 is 4.79 Å². The van der Waals surface area contributed by atoms with E-state index >= 15 is 0 Å². The van der Waals surface area contributed by atoms with Gasteiger partial charge in [-0.25, -0.2) is 4.79 Å². The van der Waals surface area contributed by atoms with E-state index in [-0.39, 0.29) is 6.03 Å². The van der Waals surface area contributed by atoms with Gasteiger partial charge in [0.15, 0.2) is 0 Å². The first kappa shape index (κ1) is 15.5. The van der Waals surface area contributed by atoms with Crippen molar-refractivity contribution in [2.45, 2.75) is 31.8 Å². The lowest BCUT2D eigenvalue weighted by atomic mass is 9.97. The molecule has 0 bridgehead atoms. The van der Waals surface area contributed by atoms with Gasteiger partial charge in [-0.05, 0) is 42.2 Å². The molecule has 4 nitrogen and oxygen atoms in total. The number of carbonyl (C=O) groups is 1. The molecule has 0 spiro atoms. The van der Waals surface area contributed by atoms with Gasteiger partial charge in [0.05, 0.1) is 0 Å². The molecule has 0 unspecified atom stereocenters. The molecule has 4 heteroatoms. The highest BCUT2D eigenvalue weighted by molar-refractivity contribution is 5.83. The zero-order valence-electron chi connectivity index (χ0n) is 14.2. The van der Waals surface area contributed by atoms with Gasteiger partial charge < -0.3 is 10.2 Å². The minimum atomic E-state index is 0.121. The highest BCUT2D eigenvalue weighted by atomic mass is 16.2. The first-order valence-electron chi connectivity index (χ1n) is 8.99. The largest absolute Gasteiger partial charge is 0.336 e. The Morgan fingerprint density at radius 2 is 1.79 bits per heavy atom. The molecule has 126 valence electrons. The number of nitrogens with zero attached hydrogens (tertiary/aromatic N) is 2. The van der Waals surface area contributed by atoms with Crippen LogP contribution in [0, 0.1) is 0 Å². The molecule has 24 heavy (non-hydrogen) atoms. The zero-order chi connectivity index (χ0) is 16.5. The van der Waals surface area contributed by atoms with Gasteiger partial charge in [-0.1, -0.05) is 36.4 Å². The molecule has 2 fully saturated rings. The third kappa shape index (κ3) is 2.86. The van der Waals surface area contributed by atoms with E-state index in [1.165, 1.54) is 16.3 Å². The second kappa shape index (κ2) is 6.44. The molecule has 2 aliphatic rings. The van der Waals surface area contributed by atoms with Crippen LogP contribution in [0.3, 0.4) is 0 Å². The number of nitrogens with one attached hydrogen (secondary N) is 1. The highest BCUT2D eigenvalue weighted by Gasteiger charge is 2.31. The molecule has 0 saturated carbocycles. The minimum absolute atomic E-state index is 0.121. The van der Waals surface area contributed by atoms with E-state index in [2.05, 4.69) is 59.6 Å². The number of hydrogen-bond acceptors (Lipinski definition) is 2. The maximum atomic E-state index is 11.8. The first-order valence-corrected chi connectivity index (χ1v) is 8.99. The minimum Gasteiger partial charge on any atom is -0.336 e. The van der Waals surface area contributed by atoms with Crippen molar-refractivity contribution >= 4 is 16.8 Å². The topological polar surface area (TPSA) is 35.6 Å². The average molecular weight is 323 g/mol. The van der Waals surface area contributed by atoms with Crippen molar-refractivity contribution in [3.8, 4) is 0 Å². The summed E-state index contributed by atoms with van der Waals surface area (Å²) in [5, 5.41) is 5.53. The van der Waals surface area contributed by atoms with Crippen LogP contribution < -0.4 is 5.32 Å². The third-order valence-electron chi connectivity index (χ3n) is 5.63. The highest BCUT2D eigenvalue weighted by Crippen LogP contribution is 2.28. The summed E-state index contributed by atoms with van der Waals surface area (Å²) in [6.07, 6.45) is 2.15. The Morgan fingerprint density at radius 3 is 2.50 bits per heavy atom. The average Bonchev–Trinajstić information content (AvgIpc) is 3.07. The molecule has 2 aromatic rings. The summed E-state index contributed by atoms with van der Waals surface area (Å²) in [7, 11) is 0. The fourth-order valence-corrected chi connectivity index (χ4v) is 4.10. The monoisotopic (exact) mass is 323 g/mol. The van der Waals surface area contributed by atoms with E-state index in [9.17, 15) is 4.79 Å². The molecular formula is C20H25N3O. The van der Waals surface area contributed by atoms with Crippen LogP contribution in [0.15, 0.2) is 42.5 Å². The molecule has 2 amide bonds. The summed E-state index contributed by atoms with van der Waals surface area (Å²) in [4.78, 5) is 16.4. The number of benzene rings is 2. The fourth-order valence-electron chi connectivity index (χ4n) is 4.10. The summed E-state index contributed by atoms with van der Waals surface area (Å²) < 4.78 is 0. The Labute approximate surface area is 143 Å². The van der Waals surface area contributed by atoms with E-state index in [4.69, 9.17) is 0 Å². The van der Waals surface area contributed by atoms with Crippen LogP contribution in [-0.4, -0.2) is 48.1 Å². The number of piperidine rings is 1. The molecular weight excluding hydrogens is 298 g/mol. The van der Waals surface area contributed by atoms with Gasteiger partial charge in [0.1, 0.15) is 0 Å². The van der Waals surface area contributed by atoms with Crippen molar-refractivity contribution in [3.05, 3.63) is 48.0 Å². The molecule has 2 saturated heterocycles. The standard InChI is InChI=1S/C20H25N3O/c1-15(17-7-6-16-4-2-3-5-18(16)14-17)22-11-8-19(9-12-22)23-13-10-21-20(23)24/h2-7,14-15,19H,8-13H2,1H3,(H,21,24)/t15-/m0/s1. The number of carbonyl (C=O) groups excluding carboxylic acids is 1. The summed E-state index contributed by atoms with van der Waals surface area (Å²) in [5.74, 6) is 0. The Bertz CT molecular complexity index is 736. The third-order valence-corrected chi connectivity index (χ3v) is 5.63. The Morgan fingerprint density at radius 1 is 1.04 bits per heavy atom. The van der Waals surface area contributed by atoms with Gasteiger partial charge in [0, 0.05) is 38.3 Å².